The van der Waals surface area contributed by atoms with Crippen LogP contribution >= 0.6 is 27.5 Å². The summed E-state index contributed by atoms with van der Waals surface area (Å²) in [5.74, 6) is -0.340. The van der Waals surface area contributed by atoms with E-state index in [0.717, 1.165) is 31.6 Å². The third kappa shape index (κ3) is 3.61. The van der Waals surface area contributed by atoms with E-state index in [4.69, 9.17) is 16.3 Å². The molecule has 1 heterocycles. The Morgan fingerprint density at radius 2 is 2.32 bits per heavy atom. The van der Waals surface area contributed by atoms with Gasteiger partial charge in [0.1, 0.15) is 5.82 Å². The molecule has 0 saturated carbocycles. The number of halogens is 3. The molecule has 1 fully saturated rings. The summed E-state index contributed by atoms with van der Waals surface area (Å²) in [5, 5.41) is 3.81. The lowest BCUT2D eigenvalue weighted by molar-refractivity contribution is -0.0708. The molecule has 19 heavy (non-hydrogen) atoms. The van der Waals surface area contributed by atoms with E-state index < -0.39 is 0 Å². The average molecular weight is 351 g/mol. The topological polar surface area (TPSA) is 21.3 Å². The molecule has 0 aliphatic carbocycles. The lowest BCUT2D eigenvalue weighted by Crippen LogP contribution is -2.41. The van der Waals surface area contributed by atoms with E-state index in [9.17, 15) is 4.39 Å². The lowest BCUT2D eigenvalue weighted by atomic mass is 9.90. The highest BCUT2D eigenvalue weighted by Crippen LogP contribution is 2.35. The number of nitrogens with one attached hydrogen (secondary N) is 1. The Bertz CT molecular complexity index is 448. The van der Waals surface area contributed by atoms with E-state index >= 15 is 0 Å². The van der Waals surface area contributed by atoms with Crippen LogP contribution in [0.5, 0.6) is 0 Å². The first kappa shape index (κ1) is 15.1. The molecule has 2 rings (SSSR count). The Morgan fingerprint density at radius 3 is 2.95 bits per heavy atom. The molecule has 0 amide bonds. The standard InChI is InChI=1S/C14H18BrClFNO/c1-3-14(2)8-10(4-5-19-14)18-13-11(15)6-9(17)7-12(13)16/h6-7,10,18H,3-5,8H2,1-2H3. The molecule has 5 heteroatoms. The molecule has 2 atom stereocenters. The zero-order chi connectivity index (χ0) is 14.0. The zero-order valence-electron chi connectivity index (χ0n) is 11.1. The van der Waals surface area contributed by atoms with Gasteiger partial charge in [-0.3, -0.25) is 0 Å². The van der Waals surface area contributed by atoms with Crippen molar-refractivity contribution in [2.24, 2.45) is 0 Å². The third-order valence-corrected chi connectivity index (χ3v) is 4.62. The van der Waals surface area contributed by atoms with Crippen molar-refractivity contribution in [2.75, 3.05) is 11.9 Å². The quantitative estimate of drug-likeness (QED) is 0.828. The molecule has 1 N–H and O–H groups in total. The summed E-state index contributed by atoms with van der Waals surface area (Å²) in [5.41, 5.74) is 0.669. The van der Waals surface area contributed by atoms with Gasteiger partial charge in [-0.05, 0) is 54.2 Å². The van der Waals surface area contributed by atoms with Crippen LogP contribution in [0.2, 0.25) is 5.02 Å². The van der Waals surface area contributed by atoms with E-state index in [0.29, 0.717) is 9.50 Å². The summed E-state index contributed by atoms with van der Waals surface area (Å²) >= 11 is 9.45. The number of anilines is 1. The van der Waals surface area contributed by atoms with Crippen LogP contribution in [-0.4, -0.2) is 18.2 Å². The summed E-state index contributed by atoms with van der Waals surface area (Å²) in [6, 6.07) is 3.04. The average Bonchev–Trinajstić information content (AvgIpc) is 2.34. The van der Waals surface area contributed by atoms with Crippen LogP contribution in [0.3, 0.4) is 0 Å². The Kier molecular flexibility index (Phi) is 4.75. The maximum atomic E-state index is 13.2. The normalized spacial score (nSPS) is 27.3. The fourth-order valence-electron chi connectivity index (χ4n) is 2.38. The number of rotatable bonds is 3. The van der Waals surface area contributed by atoms with Gasteiger partial charge in [-0.1, -0.05) is 18.5 Å². The molecule has 1 saturated heterocycles. The molecule has 0 radical (unpaired) electrons. The number of benzene rings is 1. The number of ether oxygens (including phenoxy) is 1. The van der Waals surface area contributed by atoms with Gasteiger partial charge in [0.15, 0.2) is 0 Å². The smallest absolute Gasteiger partial charge is 0.125 e. The Labute approximate surface area is 126 Å². The van der Waals surface area contributed by atoms with E-state index in [1.807, 2.05) is 0 Å². The maximum absolute atomic E-state index is 13.2. The van der Waals surface area contributed by atoms with Crippen molar-refractivity contribution < 1.29 is 9.13 Å². The van der Waals surface area contributed by atoms with Gasteiger partial charge < -0.3 is 10.1 Å². The van der Waals surface area contributed by atoms with Gasteiger partial charge in [0, 0.05) is 17.1 Å². The number of hydrogen-bond donors (Lipinski definition) is 1. The molecule has 1 aromatic rings. The molecular weight excluding hydrogens is 333 g/mol. The van der Waals surface area contributed by atoms with Gasteiger partial charge in [0.25, 0.3) is 0 Å². The molecule has 2 unspecified atom stereocenters. The molecule has 0 bridgehead atoms. The number of hydrogen-bond acceptors (Lipinski definition) is 2. The van der Waals surface area contributed by atoms with E-state index in [1.165, 1.54) is 12.1 Å². The second kappa shape index (κ2) is 5.98. The van der Waals surface area contributed by atoms with Crippen molar-refractivity contribution in [1.29, 1.82) is 0 Å². The van der Waals surface area contributed by atoms with E-state index in [1.54, 1.807) is 0 Å². The summed E-state index contributed by atoms with van der Waals surface area (Å²) in [4.78, 5) is 0. The van der Waals surface area contributed by atoms with Crippen LogP contribution < -0.4 is 5.32 Å². The van der Waals surface area contributed by atoms with Crippen molar-refractivity contribution in [2.45, 2.75) is 44.8 Å². The summed E-state index contributed by atoms with van der Waals surface area (Å²) in [7, 11) is 0. The minimum Gasteiger partial charge on any atom is -0.380 e. The summed E-state index contributed by atoms with van der Waals surface area (Å²) in [6.45, 7) is 4.99. The van der Waals surface area contributed by atoms with Crippen LogP contribution in [0, 0.1) is 5.82 Å². The minimum atomic E-state index is -0.340. The predicted molar refractivity (Wildman–Crippen MR) is 80.4 cm³/mol. The monoisotopic (exact) mass is 349 g/mol. The Hall–Kier alpha value is -0.320. The summed E-state index contributed by atoms with van der Waals surface area (Å²) < 4.78 is 19.7. The van der Waals surface area contributed by atoms with Crippen molar-refractivity contribution in [3.8, 4) is 0 Å². The second-order valence-corrected chi connectivity index (χ2v) is 6.49. The van der Waals surface area contributed by atoms with Crippen LogP contribution in [0.4, 0.5) is 10.1 Å². The molecular formula is C14H18BrClFNO. The first-order valence-corrected chi connectivity index (χ1v) is 7.65. The van der Waals surface area contributed by atoms with Gasteiger partial charge in [-0.25, -0.2) is 4.39 Å². The van der Waals surface area contributed by atoms with Crippen molar-refractivity contribution in [3.05, 3.63) is 27.4 Å². The Morgan fingerprint density at radius 1 is 1.58 bits per heavy atom. The van der Waals surface area contributed by atoms with Gasteiger partial charge in [-0.2, -0.15) is 0 Å². The van der Waals surface area contributed by atoms with Gasteiger partial charge in [0.05, 0.1) is 16.3 Å². The summed E-state index contributed by atoms with van der Waals surface area (Å²) in [6.07, 6.45) is 2.82. The van der Waals surface area contributed by atoms with Crippen molar-refractivity contribution in [3.63, 3.8) is 0 Å². The van der Waals surface area contributed by atoms with Gasteiger partial charge >= 0.3 is 0 Å². The highest BCUT2D eigenvalue weighted by atomic mass is 79.9. The van der Waals surface area contributed by atoms with Crippen LogP contribution in [-0.2, 0) is 4.74 Å². The van der Waals surface area contributed by atoms with Gasteiger partial charge in [0.2, 0.25) is 0 Å². The molecule has 0 aromatic heterocycles. The first-order valence-electron chi connectivity index (χ1n) is 6.48. The van der Waals surface area contributed by atoms with Crippen molar-refractivity contribution in [1.82, 2.24) is 0 Å². The van der Waals surface area contributed by atoms with Crippen molar-refractivity contribution >= 4 is 33.2 Å². The largest absolute Gasteiger partial charge is 0.380 e. The van der Waals surface area contributed by atoms with Crippen LogP contribution in [0.25, 0.3) is 0 Å². The second-order valence-electron chi connectivity index (χ2n) is 5.23. The molecule has 0 spiro atoms. The molecule has 106 valence electrons. The molecule has 2 nitrogen and oxygen atoms in total. The van der Waals surface area contributed by atoms with Gasteiger partial charge in [-0.15, -0.1) is 0 Å². The fourth-order valence-corrected chi connectivity index (χ4v) is 3.31. The third-order valence-electron chi connectivity index (χ3n) is 3.70. The maximum Gasteiger partial charge on any atom is 0.125 e. The fraction of sp³-hybridized carbons (Fsp3) is 0.571. The highest BCUT2D eigenvalue weighted by Gasteiger charge is 2.32. The van der Waals surface area contributed by atoms with Crippen LogP contribution in [0.1, 0.15) is 33.1 Å². The highest BCUT2D eigenvalue weighted by molar-refractivity contribution is 9.10. The SMILES string of the molecule is CCC1(C)CC(Nc2c(Cl)cc(F)cc2Br)CCO1. The minimum absolute atomic E-state index is 0.0884. The van der Waals surface area contributed by atoms with E-state index in [-0.39, 0.29) is 17.5 Å². The zero-order valence-corrected chi connectivity index (χ0v) is 13.4. The predicted octanol–water partition coefficient (Wildman–Crippen LogP) is 5.00. The van der Waals surface area contributed by atoms with Crippen LogP contribution in [0.15, 0.2) is 16.6 Å². The molecule has 1 aromatic carbocycles. The molecule has 1 aliphatic heterocycles. The first-order chi connectivity index (χ1) is 8.93. The van der Waals surface area contributed by atoms with E-state index in [2.05, 4.69) is 35.1 Å². The molecule has 1 aliphatic rings. The Balaban J connectivity index is 2.13. The lowest BCUT2D eigenvalue weighted by Gasteiger charge is -2.38.